The fourth-order valence-corrected chi connectivity index (χ4v) is 3.33. The molecule has 0 amide bonds. The van der Waals surface area contributed by atoms with Gasteiger partial charge in [-0.1, -0.05) is 0 Å². The van der Waals surface area contributed by atoms with Gasteiger partial charge in [0, 0.05) is 18.6 Å². The summed E-state index contributed by atoms with van der Waals surface area (Å²) in [6.07, 6.45) is 5.45. The van der Waals surface area contributed by atoms with Crippen molar-refractivity contribution in [3.8, 4) is 0 Å². The summed E-state index contributed by atoms with van der Waals surface area (Å²) in [5.74, 6) is 0.944. The van der Waals surface area contributed by atoms with Crippen molar-refractivity contribution in [3.63, 3.8) is 0 Å². The van der Waals surface area contributed by atoms with Gasteiger partial charge < -0.3 is 15.1 Å². The topological polar surface area (TPSA) is 18.5 Å². The number of likely N-dealkylation sites (tertiary alicyclic amines) is 2. The van der Waals surface area contributed by atoms with Crippen LogP contribution in [-0.4, -0.2) is 62.2 Å². The standard InChI is InChI=1S/C14H29N3/c1-12-10-14(15-2)6-9-17(12)11-13-4-7-16(3)8-5-13/h12-15H,4-11H2,1-3H3. The molecule has 0 bridgehead atoms. The lowest BCUT2D eigenvalue weighted by Gasteiger charge is -2.41. The molecule has 0 aromatic carbocycles. The molecule has 0 aromatic rings. The first kappa shape index (κ1) is 13.3. The number of nitrogens with zero attached hydrogens (tertiary/aromatic N) is 2. The van der Waals surface area contributed by atoms with Crippen LogP contribution in [0.2, 0.25) is 0 Å². The second-order valence-electron chi connectivity index (χ2n) is 6.10. The molecule has 2 heterocycles. The average Bonchev–Trinajstić information content (AvgIpc) is 2.34. The third-order valence-corrected chi connectivity index (χ3v) is 4.75. The molecule has 2 saturated heterocycles. The van der Waals surface area contributed by atoms with Gasteiger partial charge in [0.25, 0.3) is 0 Å². The Morgan fingerprint density at radius 3 is 2.41 bits per heavy atom. The van der Waals surface area contributed by atoms with Crippen molar-refractivity contribution in [2.24, 2.45) is 5.92 Å². The Morgan fingerprint density at radius 2 is 1.82 bits per heavy atom. The molecule has 17 heavy (non-hydrogen) atoms. The van der Waals surface area contributed by atoms with E-state index in [2.05, 4.69) is 36.1 Å². The Balaban J connectivity index is 1.75. The molecular formula is C14H29N3. The SMILES string of the molecule is CNC1CCN(CC2CCN(C)CC2)C(C)C1. The van der Waals surface area contributed by atoms with E-state index in [1.54, 1.807) is 0 Å². The van der Waals surface area contributed by atoms with Crippen LogP contribution in [-0.2, 0) is 0 Å². The molecule has 1 N–H and O–H groups in total. The van der Waals surface area contributed by atoms with Gasteiger partial charge in [-0.05, 0) is 72.3 Å². The minimum absolute atomic E-state index is 0.749. The molecule has 2 aliphatic heterocycles. The first-order valence-electron chi connectivity index (χ1n) is 7.29. The highest BCUT2D eigenvalue weighted by atomic mass is 15.2. The summed E-state index contributed by atoms with van der Waals surface area (Å²) >= 11 is 0. The van der Waals surface area contributed by atoms with Crippen molar-refractivity contribution in [2.75, 3.05) is 40.3 Å². The average molecular weight is 239 g/mol. The minimum atomic E-state index is 0.749. The van der Waals surface area contributed by atoms with Crippen molar-refractivity contribution in [2.45, 2.75) is 44.7 Å². The summed E-state index contributed by atoms with van der Waals surface area (Å²) in [7, 11) is 4.35. The van der Waals surface area contributed by atoms with Gasteiger partial charge in [0.15, 0.2) is 0 Å². The maximum atomic E-state index is 3.43. The molecule has 3 heteroatoms. The summed E-state index contributed by atoms with van der Waals surface area (Å²) in [5.41, 5.74) is 0. The normalized spacial score (nSPS) is 34.1. The Labute approximate surface area is 107 Å². The largest absolute Gasteiger partial charge is 0.317 e. The van der Waals surface area contributed by atoms with E-state index in [4.69, 9.17) is 0 Å². The molecule has 2 aliphatic rings. The maximum Gasteiger partial charge on any atom is 0.00910 e. The third-order valence-electron chi connectivity index (χ3n) is 4.75. The summed E-state index contributed by atoms with van der Waals surface area (Å²) in [5, 5.41) is 3.43. The molecule has 2 fully saturated rings. The predicted molar refractivity (Wildman–Crippen MR) is 73.3 cm³/mol. The summed E-state index contributed by atoms with van der Waals surface area (Å²) in [6.45, 7) is 7.63. The van der Waals surface area contributed by atoms with Gasteiger partial charge in [0.05, 0.1) is 0 Å². The zero-order chi connectivity index (χ0) is 12.3. The number of nitrogens with one attached hydrogen (secondary N) is 1. The maximum absolute atomic E-state index is 3.43. The van der Waals surface area contributed by atoms with Gasteiger partial charge in [-0.3, -0.25) is 0 Å². The van der Waals surface area contributed by atoms with Crippen LogP contribution in [0.15, 0.2) is 0 Å². The quantitative estimate of drug-likeness (QED) is 0.803. The molecule has 3 nitrogen and oxygen atoms in total. The van der Waals surface area contributed by atoms with Crippen LogP contribution < -0.4 is 5.32 Å². The van der Waals surface area contributed by atoms with E-state index < -0.39 is 0 Å². The number of hydrogen-bond acceptors (Lipinski definition) is 3. The number of piperidine rings is 2. The van der Waals surface area contributed by atoms with E-state index >= 15 is 0 Å². The predicted octanol–water partition coefficient (Wildman–Crippen LogP) is 1.40. The van der Waals surface area contributed by atoms with Gasteiger partial charge in [-0.2, -0.15) is 0 Å². The van der Waals surface area contributed by atoms with E-state index in [1.807, 2.05) is 0 Å². The summed E-state index contributed by atoms with van der Waals surface area (Å²) in [6, 6.07) is 1.51. The zero-order valence-electron chi connectivity index (χ0n) is 11.8. The van der Waals surface area contributed by atoms with Gasteiger partial charge in [0.2, 0.25) is 0 Å². The van der Waals surface area contributed by atoms with Crippen molar-refractivity contribution >= 4 is 0 Å². The number of rotatable bonds is 3. The minimum Gasteiger partial charge on any atom is -0.317 e. The molecule has 2 atom stereocenters. The molecule has 0 aliphatic carbocycles. The van der Waals surface area contributed by atoms with E-state index in [0.717, 1.165) is 18.0 Å². The lowest BCUT2D eigenvalue weighted by Crippen LogP contribution is -2.49. The van der Waals surface area contributed by atoms with E-state index in [0.29, 0.717) is 0 Å². The Morgan fingerprint density at radius 1 is 1.12 bits per heavy atom. The molecule has 2 unspecified atom stereocenters. The zero-order valence-corrected chi connectivity index (χ0v) is 11.8. The molecular weight excluding hydrogens is 210 g/mol. The third kappa shape index (κ3) is 3.67. The molecule has 100 valence electrons. The van der Waals surface area contributed by atoms with Crippen LogP contribution in [0.4, 0.5) is 0 Å². The van der Waals surface area contributed by atoms with Crippen LogP contribution in [0.25, 0.3) is 0 Å². The second-order valence-corrected chi connectivity index (χ2v) is 6.10. The highest BCUT2D eigenvalue weighted by Crippen LogP contribution is 2.22. The Hall–Kier alpha value is -0.120. The van der Waals surface area contributed by atoms with Crippen LogP contribution in [0.3, 0.4) is 0 Å². The first-order chi connectivity index (χ1) is 8.19. The van der Waals surface area contributed by atoms with Crippen LogP contribution in [0.5, 0.6) is 0 Å². The second kappa shape index (κ2) is 6.17. The molecule has 0 radical (unpaired) electrons. The van der Waals surface area contributed by atoms with E-state index in [9.17, 15) is 0 Å². The van der Waals surface area contributed by atoms with Gasteiger partial charge >= 0.3 is 0 Å². The summed E-state index contributed by atoms with van der Waals surface area (Å²) in [4.78, 5) is 5.19. The monoisotopic (exact) mass is 239 g/mol. The van der Waals surface area contributed by atoms with Crippen molar-refractivity contribution in [1.82, 2.24) is 15.1 Å². The van der Waals surface area contributed by atoms with Gasteiger partial charge in [-0.15, -0.1) is 0 Å². The molecule has 2 rings (SSSR count). The smallest absolute Gasteiger partial charge is 0.00910 e. The van der Waals surface area contributed by atoms with Gasteiger partial charge in [0.1, 0.15) is 0 Å². The van der Waals surface area contributed by atoms with Crippen LogP contribution >= 0.6 is 0 Å². The lowest BCUT2D eigenvalue weighted by atomic mass is 9.92. The van der Waals surface area contributed by atoms with E-state index in [1.165, 1.54) is 51.9 Å². The van der Waals surface area contributed by atoms with Crippen LogP contribution in [0, 0.1) is 5.92 Å². The first-order valence-corrected chi connectivity index (χ1v) is 7.29. The van der Waals surface area contributed by atoms with Gasteiger partial charge in [-0.25, -0.2) is 0 Å². The van der Waals surface area contributed by atoms with Crippen molar-refractivity contribution in [3.05, 3.63) is 0 Å². The van der Waals surface area contributed by atoms with Crippen LogP contribution in [0.1, 0.15) is 32.6 Å². The van der Waals surface area contributed by atoms with Crippen molar-refractivity contribution < 1.29 is 0 Å². The highest BCUT2D eigenvalue weighted by Gasteiger charge is 2.27. The lowest BCUT2D eigenvalue weighted by molar-refractivity contribution is 0.0957. The number of hydrogen-bond donors (Lipinski definition) is 1. The fourth-order valence-electron chi connectivity index (χ4n) is 3.33. The molecule has 0 aromatic heterocycles. The Bertz CT molecular complexity index is 224. The van der Waals surface area contributed by atoms with Crippen molar-refractivity contribution in [1.29, 1.82) is 0 Å². The van der Waals surface area contributed by atoms with E-state index in [-0.39, 0.29) is 0 Å². The molecule has 0 saturated carbocycles. The molecule has 0 spiro atoms. The fraction of sp³-hybridized carbons (Fsp3) is 1.00. The Kier molecular flexibility index (Phi) is 4.83. The summed E-state index contributed by atoms with van der Waals surface area (Å²) < 4.78 is 0. The highest BCUT2D eigenvalue weighted by molar-refractivity contribution is 4.84.